The monoisotopic (exact) mass is 192 g/mol. The number of anilines is 2. The maximum atomic E-state index is 12.7. The Bertz CT molecular complexity index is 418. The van der Waals surface area contributed by atoms with Crippen LogP contribution in [-0.4, -0.2) is 5.91 Å². The van der Waals surface area contributed by atoms with E-state index in [2.05, 4.69) is 17.2 Å². The smallest absolute Gasteiger partial charge is 0.300 e. The molecule has 1 amide bonds. The van der Waals surface area contributed by atoms with Crippen molar-refractivity contribution in [2.45, 2.75) is 6.92 Å². The lowest BCUT2D eigenvalue weighted by Crippen LogP contribution is -2.10. The van der Waals surface area contributed by atoms with Crippen LogP contribution in [0.25, 0.3) is 0 Å². The van der Waals surface area contributed by atoms with Crippen LogP contribution in [0.15, 0.2) is 18.2 Å². The minimum absolute atomic E-state index is 0.234. The molecule has 72 valence electrons. The van der Waals surface area contributed by atoms with Gasteiger partial charge in [-0.3, -0.25) is 4.79 Å². The second kappa shape index (κ2) is 4.28. The van der Waals surface area contributed by atoms with E-state index in [1.165, 1.54) is 19.1 Å². The molecule has 0 aliphatic heterocycles. The summed E-state index contributed by atoms with van der Waals surface area (Å²) in [5, 5.41) is 2.37. The minimum atomic E-state index is -0.509. The summed E-state index contributed by atoms with van der Waals surface area (Å²) in [6, 6.07) is 3.74. The predicted octanol–water partition coefficient (Wildman–Crippen LogP) is 1.37. The summed E-state index contributed by atoms with van der Waals surface area (Å²) in [7, 11) is 0. The third-order valence-corrected chi connectivity index (χ3v) is 1.50. The van der Waals surface area contributed by atoms with Crippen LogP contribution in [0.1, 0.15) is 6.92 Å². The van der Waals surface area contributed by atoms with Gasteiger partial charge in [0.2, 0.25) is 0 Å². The molecule has 1 aromatic carbocycles. The van der Waals surface area contributed by atoms with Gasteiger partial charge in [-0.15, -0.1) is 0 Å². The lowest BCUT2D eigenvalue weighted by Gasteiger charge is -2.04. The third-order valence-electron chi connectivity index (χ3n) is 1.50. The van der Waals surface area contributed by atoms with E-state index in [0.717, 1.165) is 6.07 Å². The molecule has 0 heterocycles. The van der Waals surface area contributed by atoms with Crippen molar-refractivity contribution < 1.29 is 9.18 Å². The first-order valence-corrected chi connectivity index (χ1v) is 3.92. The van der Waals surface area contributed by atoms with Crippen LogP contribution in [0.2, 0.25) is 0 Å². The van der Waals surface area contributed by atoms with Crippen molar-refractivity contribution in [2.24, 2.45) is 0 Å². The van der Waals surface area contributed by atoms with Crippen LogP contribution < -0.4 is 11.1 Å². The van der Waals surface area contributed by atoms with Crippen LogP contribution in [0.4, 0.5) is 15.8 Å². The Hall–Kier alpha value is -2.02. The van der Waals surface area contributed by atoms with E-state index >= 15 is 0 Å². The van der Waals surface area contributed by atoms with Gasteiger partial charge in [-0.1, -0.05) is 5.92 Å². The Morgan fingerprint density at radius 2 is 2.29 bits per heavy atom. The van der Waals surface area contributed by atoms with Gasteiger partial charge in [-0.05, 0) is 31.0 Å². The molecule has 4 heteroatoms. The molecule has 0 saturated heterocycles. The van der Waals surface area contributed by atoms with Gasteiger partial charge in [-0.2, -0.15) is 0 Å². The summed E-state index contributed by atoms with van der Waals surface area (Å²) in [5.41, 5.74) is 6.04. The molecule has 3 N–H and O–H groups in total. The highest BCUT2D eigenvalue weighted by atomic mass is 19.1. The first-order chi connectivity index (χ1) is 6.63. The van der Waals surface area contributed by atoms with E-state index in [-0.39, 0.29) is 5.69 Å². The zero-order valence-electron chi connectivity index (χ0n) is 7.60. The minimum Gasteiger partial charge on any atom is -0.397 e. The highest BCUT2D eigenvalue weighted by molar-refractivity contribution is 6.05. The van der Waals surface area contributed by atoms with Gasteiger partial charge < -0.3 is 11.1 Å². The Balaban J connectivity index is 2.89. The summed E-state index contributed by atoms with van der Waals surface area (Å²) in [5.74, 6) is 3.72. The quantitative estimate of drug-likeness (QED) is 0.521. The number of nitrogens with one attached hydrogen (secondary N) is 1. The summed E-state index contributed by atoms with van der Waals surface area (Å²) in [6.07, 6.45) is 0. The average molecular weight is 192 g/mol. The molecule has 0 bridgehead atoms. The molecule has 0 atom stereocenters. The standard InChI is InChI=1S/C10H9FN2O/c1-2-3-10(14)13-9-6-7(11)4-5-8(9)12/h4-6H,12H2,1H3,(H,13,14). The van der Waals surface area contributed by atoms with Crippen LogP contribution >= 0.6 is 0 Å². The van der Waals surface area contributed by atoms with E-state index in [0.29, 0.717) is 5.69 Å². The summed E-state index contributed by atoms with van der Waals surface area (Å²) in [4.78, 5) is 11.0. The van der Waals surface area contributed by atoms with Crippen LogP contribution in [-0.2, 0) is 4.79 Å². The third kappa shape index (κ3) is 2.49. The number of halogens is 1. The fourth-order valence-electron chi connectivity index (χ4n) is 0.904. The van der Waals surface area contributed by atoms with E-state index in [1.807, 2.05) is 0 Å². The van der Waals surface area contributed by atoms with Crippen LogP contribution in [0.3, 0.4) is 0 Å². The largest absolute Gasteiger partial charge is 0.397 e. The molecule has 0 aromatic heterocycles. The van der Waals surface area contributed by atoms with Gasteiger partial charge in [0, 0.05) is 0 Å². The highest BCUT2D eigenvalue weighted by Gasteiger charge is 2.03. The Morgan fingerprint density at radius 1 is 1.57 bits per heavy atom. The maximum absolute atomic E-state index is 12.7. The summed E-state index contributed by atoms with van der Waals surface area (Å²) in [6.45, 7) is 1.54. The van der Waals surface area contributed by atoms with Crippen molar-refractivity contribution in [1.29, 1.82) is 0 Å². The Morgan fingerprint density at radius 3 is 2.93 bits per heavy atom. The van der Waals surface area contributed by atoms with Gasteiger partial charge in [0.1, 0.15) is 5.82 Å². The van der Waals surface area contributed by atoms with Crippen molar-refractivity contribution in [3.05, 3.63) is 24.0 Å². The lowest BCUT2D eigenvalue weighted by atomic mass is 10.2. The molecule has 0 aliphatic rings. The number of nitrogen functional groups attached to an aromatic ring is 1. The topological polar surface area (TPSA) is 55.1 Å². The molecule has 0 radical (unpaired) electrons. The number of rotatable bonds is 1. The van der Waals surface area contributed by atoms with Gasteiger partial charge in [0.05, 0.1) is 11.4 Å². The van der Waals surface area contributed by atoms with E-state index in [1.54, 1.807) is 0 Å². The highest BCUT2D eigenvalue weighted by Crippen LogP contribution is 2.18. The van der Waals surface area contributed by atoms with Crippen molar-refractivity contribution in [2.75, 3.05) is 11.1 Å². The lowest BCUT2D eigenvalue weighted by molar-refractivity contribution is -0.111. The first kappa shape index (κ1) is 10.1. The number of nitrogens with two attached hydrogens (primary N) is 1. The molecule has 14 heavy (non-hydrogen) atoms. The molecular formula is C10H9FN2O. The van der Waals surface area contributed by atoms with Crippen molar-refractivity contribution in [3.63, 3.8) is 0 Å². The van der Waals surface area contributed by atoms with Crippen molar-refractivity contribution in [3.8, 4) is 11.8 Å². The molecule has 0 spiro atoms. The van der Waals surface area contributed by atoms with Gasteiger partial charge in [0.15, 0.2) is 0 Å². The molecule has 1 rings (SSSR count). The molecule has 0 unspecified atom stereocenters. The number of hydrogen-bond donors (Lipinski definition) is 2. The zero-order valence-corrected chi connectivity index (χ0v) is 7.60. The van der Waals surface area contributed by atoms with Crippen molar-refractivity contribution >= 4 is 17.3 Å². The number of amides is 1. The number of carbonyl (C=O) groups is 1. The molecule has 3 nitrogen and oxygen atoms in total. The van der Waals surface area contributed by atoms with Crippen LogP contribution in [0, 0.1) is 17.7 Å². The van der Waals surface area contributed by atoms with Gasteiger partial charge in [0.25, 0.3) is 5.91 Å². The number of carbonyl (C=O) groups excluding carboxylic acids is 1. The zero-order chi connectivity index (χ0) is 10.6. The van der Waals surface area contributed by atoms with E-state index in [9.17, 15) is 9.18 Å². The Kier molecular flexibility index (Phi) is 3.08. The fraction of sp³-hybridized carbons (Fsp3) is 0.100. The fourth-order valence-corrected chi connectivity index (χ4v) is 0.904. The van der Waals surface area contributed by atoms with Crippen molar-refractivity contribution in [1.82, 2.24) is 0 Å². The second-order valence-corrected chi connectivity index (χ2v) is 2.56. The first-order valence-electron chi connectivity index (χ1n) is 3.92. The summed E-state index contributed by atoms with van der Waals surface area (Å²) < 4.78 is 12.7. The number of benzene rings is 1. The second-order valence-electron chi connectivity index (χ2n) is 2.56. The molecule has 0 saturated carbocycles. The molecule has 0 fully saturated rings. The molecular weight excluding hydrogens is 183 g/mol. The van der Waals surface area contributed by atoms with E-state index in [4.69, 9.17) is 5.73 Å². The maximum Gasteiger partial charge on any atom is 0.300 e. The average Bonchev–Trinajstić information content (AvgIpc) is 2.12. The molecule has 1 aromatic rings. The van der Waals surface area contributed by atoms with E-state index < -0.39 is 11.7 Å². The number of hydrogen-bond acceptors (Lipinski definition) is 2. The summed E-state index contributed by atoms with van der Waals surface area (Å²) >= 11 is 0. The predicted molar refractivity (Wildman–Crippen MR) is 52.9 cm³/mol. The van der Waals surface area contributed by atoms with Gasteiger partial charge >= 0.3 is 0 Å². The molecule has 0 aliphatic carbocycles. The normalized spacial score (nSPS) is 8.71. The SMILES string of the molecule is CC#CC(=O)Nc1cc(F)ccc1N. The van der Waals surface area contributed by atoms with Gasteiger partial charge in [-0.25, -0.2) is 4.39 Å². The Labute approximate surface area is 81.1 Å². The van der Waals surface area contributed by atoms with Crippen LogP contribution in [0.5, 0.6) is 0 Å².